The Hall–Kier alpha value is -0.470. The second kappa shape index (κ2) is 5.42. The van der Waals surface area contributed by atoms with Gasteiger partial charge in [0, 0.05) is 16.7 Å². The first kappa shape index (κ1) is 11.6. The molecule has 0 amide bonds. The molecule has 0 aliphatic heterocycles. The van der Waals surface area contributed by atoms with E-state index < -0.39 is 0 Å². The highest BCUT2D eigenvalue weighted by atomic mass is 79.9. The van der Waals surface area contributed by atoms with Gasteiger partial charge in [-0.15, -0.1) is 0 Å². The summed E-state index contributed by atoms with van der Waals surface area (Å²) in [5, 5.41) is 4.01. The molecule has 1 aromatic carbocycles. The average molecular weight is 275 g/mol. The summed E-state index contributed by atoms with van der Waals surface area (Å²) in [7, 11) is 0. The van der Waals surface area contributed by atoms with Gasteiger partial charge in [0.05, 0.1) is 5.02 Å². The molecule has 0 fully saturated rings. The lowest BCUT2D eigenvalue weighted by Crippen LogP contribution is -1.98. The summed E-state index contributed by atoms with van der Waals surface area (Å²) in [6.07, 6.45) is 2.14. The van der Waals surface area contributed by atoms with Crippen LogP contribution in [0.4, 0.5) is 5.69 Å². The molecule has 0 unspecified atom stereocenters. The van der Waals surface area contributed by atoms with Crippen LogP contribution >= 0.6 is 27.5 Å². The summed E-state index contributed by atoms with van der Waals surface area (Å²) in [6, 6.07) is 5.81. The third-order valence-corrected chi connectivity index (χ3v) is 2.95. The van der Waals surface area contributed by atoms with Crippen LogP contribution < -0.4 is 5.32 Å². The SMILES string of the molecule is CC(C)=CCNc1ccc(Cl)c(Br)c1. The van der Waals surface area contributed by atoms with Gasteiger partial charge < -0.3 is 5.32 Å². The normalized spacial score (nSPS) is 9.71. The van der Waals surface area contributed by atoms with Crippen molar-refractivity contribution in [3.63, 3.8) is 0 Å². The Bertz CT molecular complexity index is 343. The zero-order valence-corrected chi connectivity index (χ0v) is 10.6. The highest BCUT2D eigenvalue weighted by Crippen LogP contribution is 2.25. The number of anilines is 1. The zero-order chi connectivity index (χ0) is 10.6. The van der Waals surface area contributed by atoms with Gasteiger partial charge in [-0.25, -0.2) is 0 Å². The number of allylic oxidation sites excluding steroid dienone is 1. The van der Waals surface area contributed by atoms with Gasteiger partial charge in [0.15, 0.2) is 0 Å². The molecule has 76 valence electrons. The van der Waals surface area contributed by atoms with E-state index in [1.807, 2.05) is 18.2 Å². The van der Waals surface area contributed by atoms with Crippen LogP contribution in [0.25, 0.3) is 0 Å². The number of halogens is 2. The molecule has 0 atom stereocenters. The molecule has 0 saturated carbocycles. The molecule has 0 radical (unpaired) electrons. The Kier molecular flexibility index (Phi) is 4.49. The quantitative estimate of drug-likeness (QED) is 0.801. The van der Waals surface area contributed by atoms with Crippen molar-refractivity contribution in [1.29, 1.82) is 0 Å². The first-order valence-corrected chi connectivity index (χ1v) is 5.59. The van der Waals surface area contributed by atoms with E-state index in [0.29, 0.717) is 0 Å². The maximum atomic E-state index is 5.88. The van der Waals surface area contributed by atoms with E-state index >= 15 is 0 Å². The number of rotatable bonds is 3. The fourth-order valence-corrected chi connectivity index (χ4v) is 1.48. The third-order valence-electron chi connectivity index (χ3n) is 1.74. The van der Waals surface area contributed by atoms with Gasteiger partial charge in [0.1, 0.15) is 0 Å². The number of hydrogen-bond donors (Lipinski definition) is 1. The van der Waals surface area contributed by atoms with Crippen LogP contribution in [0.3, 0.4) is 0 Å². The first-order chi connectivity index (χ1) is 6.59. The standard InChI is InChI=1S/C11H13BrClN/c1-8(2)5-6-14-9-3-4-11(13)10(12)7-9/h3-5,7,14H,6H2,1-2H3. The average Bonchev–Trinajstić information content (AvgIpc) is 2.10. The largest absolute Gasteiger partial charge is 0.382 e. The molecule has 0 bridgehead atoms. The van der Waals surface area contributed by atoms with Crippen molar-refractivity contribution in [1.82, 2.24) is 0 Å². The van der Waals surface area contributed by atoms with Gasteiger partial charge in [0.2, 0.25) is 0 Å². The molecule has 0 aromatic heterocycles. The Morgan fingerprint density at radius 2 is 2.21 bits per heavy atom. The Labute approximate surface area is 98.3 Å². The predicted octanol–water partition coefficient (Wildman–Crippen LogP) is 4.48. The molecule has 0 saturated heterocycles. The minimum Gasteiger partial charge on any atom is -0.382 e. The van der Waals surface area contributed by atoms with E-state index in [0.717, 1.165) is 21.7 Å². The Morgan fingerprint density at radius 3 is 2.79 bits per heavy atom. The van der Waals surface area contributed by atoms with Crippen molar-refractivity contribution in [3.8, 4) is 0 Å². The molecule has 0 aliphatic carbocycles. The molecule has 0 heterocycles. The van der Waals surface area contributed by atoms with E-state index in [2.05, 4.69) is 41.2 Å². The molecule has 1 rings (SSSR count). The van der Waals surface area contributed by atoms with Crippen LogP contribution in [-0.2, 0) is 0 Å². The second-order valence-electron chi connectivity index (χ2n) is 3.29. The van der Waals surface area contributed by atoms with Crippen molar-refractivity contribution in [2.75, 3.05) is 11.9 Å². The van der Waals surface area contributed by atoms with E-state index in [1.165, 1.54) is 5.57 Å². The van der Waals surface area contributed by atoms with Crippen molar-refractivity contribution in [2.45, 2.75) is 13.8 Å². The van der Waals surface area contributed by atoms with Crippen LogP contribution in [0.1, 0.15) is 13.8 Å². The molecular weight excluding hydrogens is 261 g/mol. The summed E-state index contributed by atoms with van der Waals surface area (Å²) >= 11 is 9.26. The topological polar surface area (TPSA) is 12.0 Å². The van der Waals surface area contributed by atoms with E-state index in [-0.39, 0.29) is 0 Å². The van der Waals surface area contributed by atoms with Crippen LogP contribution in [0.15, 0.2) is 34.3 Å². The van der Waals surface area contributed by atoms with Crippen molar-refractivity contribution in [2.24, 2.45) is 0 Å². The Balaban J connectivity index is 2.60. The van der Waals surface area contributed by atoms with Crippen molar-refractivity contribution >= 4 is 33.2 Å². The molecule has 3 heteroatoms. The second-order valence-corrected chi connectivity index (χ2v) is 4.55. The van der Waals surface area contributed by atoms with Gasteiger partial charge >= 0.3 is 0 Å². The molecular formula is C11H13BrClN. The van der Waals surface area contributed by atoms with Gasteiger partial charge in [0.25, 0.3) is 0 Å². The highest BCUT2D eigenvalue weighted by molar-refractivity contribution is 9.10. The summed E-state index contributed by atoms with van der Waals surface area (Å²) in [5.74, 6) is 0. The summed E-state index contributed by atoms with van der Waals surface area (Å²) < 4.78 is 0.918. The van der Waals surface area contributed by atoms with Crippen LogP contribution in [0.2, 0.25) is 5.02 Å². The Morgan fingerprint density at radius 1 is 1.50 bits per heavy atom. The maximum absolute atomic E-state index is 5.88. The monoisotopic (exact) mass is 273 g/mol. The highest BCUT2D eigenvalue weighted by Gasteiger charge is 1.97. The van der Waals surface area contributed by atoms with E-state index in [1.54, 1.807) is 0 Å². The molecule has 1 N–H and O–H groups in total. The van der Waals surface area contributed by atoms with Crippen LogP contribution in [0, 0.1) is 0 Å². The zero-order valence-electron chi connectivity index (χ0n) is 8.27. The number of benzene rings is 1. The lowest BCUT2D eigenvalue weighted by molar-refractivity contribution is 1.26. The van der Waals surface area contributed by atoms with E-state index in [4.69, 9.17) is 11.6 Å². The van der Waals surface area contributed by atoms with Crippen LogP contribution in [0.5, 0.6) is 0 Å². The fraction of sp³-hybridized carbons (Fsp3) is 0.273. The minimum absolute atomic E-state index is 0.734. The molecule has 0 spiro atoms. The minimum atomic E-state index is 0.734. The first-order valence-electron chi connectivity index (χ1n) is 4.42. The third kappa shape index (κ3) is 3.72. The van der Waals surface area contributed by atoms with E-state index in [9.17, 15) is 0 Å². The smallest absolute Gasteiger partial charge is 0.0549 e. The molecule has 1 aromatic rings. The molecule has 0 aliphatic rings. The molecule has 1 nitrogen and oxygen atoms in total. The van der Waals surface area contributed by atoms with Crippen LogP contribution in [-0.4, -0.2) is 6.54 Å². The van der Waals surface area contributed by atoms with Gasteiger partial charge in [-0.3, -0.25) is 0 Å². The predicted molar refractivity (Wildman–Crippen MR) is 67.1 cm³/mol. The summed E-state index contributed by atoms with van der Waals surface area (Å²) in [5.41, 5.74) is 2.38. The fourth-order valence-electron chi connectivity index (χ4n) is 0.979. The summed E-state index contributed by atoms with van der Waals surface area (Å²) in [4.78, 5) is 0. The number of nitrogens with one attached hydrogen (secondary N) is 1. The van der Waals surface area contributed by atoms with Crippen molar-refractivity contribution < 1.29 is 0 Å². The van der Waals surface area contributed by atoms with Gasteiger partial charge in [-0.2, -0.15) is 0 Å². The lowest BCUT2D eigenvalue weighted by atomic mass is 10.3. The maximum Gasteiger partial charge on any atom is 0.0549 e. The number of hydrogen-bond acceptors (Lipinski definition) is 1. The molecule has 14 heavy (non-hydrogen) atoms. The van der Waals surface area contributed by atoms with Gasteiger partial charge in [-0.1, -0.05) is 23.3 Å². The van der Waals surface area contributed by atoms with Crippen molar-refractivity contribution in [3.05, 3.63) is 39.3 Å². The lowest BCUT2D eigenvalue weighted by Gasteiger charge is -2.05. The van der Waals surface area contributed by atoms with Gasteiger partial charge in [-0.05, 0) is 48.0 Å². The summed E-state index contributed by atoms with van der Waals surface area (Å²) in [6.45, 7) is 5.01.